The van der Waals surface area contributed by atoms with Crippen LogP contribution in [0.1, 0.15) is 51.5 Å². The first-order chi connectivity index (χ1) is 12.7. The van der Waals surface area contributed by atoms with Gasteiger partial charge in [-0.25, -0.2) is 4.98 Å². The SMILES string of the molecule is CCCC1(CCC)COC(CCn2ccnc2)(Cc2ccccc2)OC1. The van der Waals surface area contributed by atoms with Crippen molar-refractivity contribution in [1.82, 2.24) is 9.55 Å². The Labute approximate surface area is 157 Å². The smallest absolute Gasteiger partial charge is 0.174 e. The van der Waals surface area contributed by atoms with Crippen LogP contribution in [0.15, 0.2) is 49.1 Å². The summed E-state index contributed by atoms with van der Waals surface area (Å²) in [6.45, 7) is 6.95. The molecule has 0 aliphatic carbocycles. The Balaban J connectivity index is 1.73. The zero-order valence-electron chi connectivity index (χ0n) is 16.2. The third-order valence-electron chi connectivity index (χ3n) is 5.47. The summed E-state index contributed by atoms with van der Waals surface area (Å²) >= 11 is 0. The summed E-state index contributed by atoms with van der Waals surface area (Å²) < 4.78 is 15.2. The van der Waals surface area contributed by atoms with Crippen LogP contribution in [0.5, 0.6) is 0 Å². The molecule has 0 unspecified atom stereocenters. The van der Waals surface area contributed by atoms with Crippen molar-refractivity contribution >= 4 is 0 Å². The number of aryl methyl sites for hydroxylation is 1. The Morgan fingerprint density at radius 3 is 2.27 bits per heavy atom. The van der Waals surface area contributed by atoms with Crippen molar-refractivity contribution in [3.8, 4) is 0 Å². The van der Waals surface area contributed by atoms with Gasteiger partial charge in [-0.15, -0.1) is 0 Å². The molecular formula is C22H32N2O2. The Bertz CT molecular complexity index is 623. The lowest BCUT2D eigenvalue weighted by molar-refractivity contribution is -0.309. The molecule has 0 N–H and O–H groups in total. The molecule has 26 heavy (non-hydrogen) atoms. The van der Waals surface area contributed by atoms with E-state index >= 15 is 0 Å². The van der Waals surface area contributed by atoms with E-state index in [1.165, 1.54) is 31.2 Å². The highest BCUT2D eigenvalue weighted by Gasteiger charge is 2.43. The predicted molar refractivity (Wildman–Crippen MR) is 104 cm³/mol. The summed E-state index contributed by atoms with van der Waals surface area (Å²) in [7, 11) is 0. The number of hydrogen-bond donors (Lipinski definition) is 0. The van der Waals surface area contributed by atoms with Gasteiger partial charge in [0.05, 0.1) is 19.5 Å². The van der Waals surface area contributed by atoms with Gasteiger partial charge in [0.25, 0.3) is 0 Å². The van der Waals surface area contributed by atoms with Crippen LogP contribution in [0.4, 0.5) is 0 Å². The molecule has 2 heterocycles. The fourth-order valence-electron chi connectivity index (χ4n) is 4.09. The summed E-state index contributed by atoms with van der Waals surface area (Å²) in [4.78, 5) is 4.15. The van der Waals surface area contributed by atoms with Gasteiger partial charge in [0.2, 0.25) is 0 Å². The van der Waals surface area contributed by atoms with Gasteiger partial charge in [-0.2, -0.15) is 0 Å². The second-order valence-corrected chi connectivity index (χ2v) is 7.70. The average molecular weight is 357 g/mol. The highest BCUT2D eigenvalue weighted by molar-refractivity contribution is 5.16. The van der Waals surface area contributed by atoms with Crippen LogP contribution in [0.2, 0.25) is 0 Å². The second-order valence-electron chi connectivity index (χ2n) is 7.70. The van der Waals surface area contributed by atoms with Gasteiger partial charge < -0.3 is 14.0 Å². The molecule has 0 atom stereocenters. The number of ether oxygens (including phenoxy) is 2. The van der Waals surface area contributed by atoms with Crippen molar-refractivity contribution in [3.05, 3.63) is 54.6 Å². The minimum atomic E-state index is -0.545. The number of aromatic nitrogens is 2. The molecule has 0 amide bonds. The Morgan fingerprint density at radius 2 is 1.69 bits per heavy atom. The monoisotopic (exact) mass is 356 g/mol. The molecule has 0 spiro atoms. The van der Waals surface area contributed by atoms with Gasteiger partial charge in [0.1, 0.15) is 0 Å². The first kappa shape index (κ1) is 19.1. The third kappa shape index (κ3) is 4.74. The summed E-state index contributed by atoms with van der Waals surface area (Å²) in [5, 5.41) is 0. The Hall–Kier alpha value is -1.65. The molecule has 3 rings (SSSR count). The number of benzene rings is 1. The van der Waals surface area contributed by atoms with Crippen LogP contribution in [0.3, 0.4) is 0 Å². The number of nitrogens with zero attached hydrogens (tertiary/aromatic N) is 2. The normalized spacial score (nSPS) is 18.7. The molecule has 4 nitrogen and oxygen atoms in total. The maximum Gasteiger partial charge on any atom is 0.174 e. The van der Waals surface area contributed by atoms with Crippen LogP contribution in [0, 0.1) is 5.41 Å². The summed E-state index contributed by atoms with van der Waals surface area (Å²) in [5.41, 5.74) is 1.44. The lowest BCUT2D eigenvalue weighted by atomic mass is 9.79. The second kappa shape index (κ2) is 8.83. The number of hydrogen-bond acceptors (Lipinski definition) is 3. The van der Waals surface area contributed by atoms with Crippen molar-refractivity contribution in [1.29, 1.82) is 0 Å². The van der Waals surface area contributed by atoms with E-state index in [1.807, 2.05) is 18.7 Å². The molecule has 1 aliphatic rings. The van der Waals surface area contributed by atoms with Crippen LogP contribution >= 0.6 is 0 Å². The van der Waals surface area contributed by atoms with Gasteiger partial charge in [-0.3, -0.25) is 0 Å². The van der Waals surface area contributed by atoms with Crippen molar-refractivity contribution < 1.29 is 9.47 Å². The van der Waals surface area contributed by atoms with Crippen molar-refractivity contribution in [3.63, 3.8) is 0 Å². The zero-order valence-corrected chi connectivity index (χ0v) is 16.2. The lowest BCUT2D eigenvalue weighted by Crippen LogP contribution is -2.51. The molecule has 0 bridgehead atoms. The van der Waals surface area contributed by atoms with E-state index in [2.05, 4.69) is 53.7 Å². The molecule has 4 heteroatoms. The summed E-state index contributed by atoms with van der Waals surface area (Å²) in [6.07, 6.45) is 12.0. The third-order valence-corrected chi connectivity index (χ3v) is 5.47. The summed E-state index contributed by atoms with van der Waals surface area (Å²) in [6, 6.07) is 10.5. The molecular weight excluding hydrogens is 324 g/mol. The van der Waals surface area contributed by atoms with Crippen molar-refractivity contribution in [2.45, 2.75) is 64.7 Å². The minimum Gasteiger partial charge on any atom is -0.349 e. The topological polar surface area (TPSA) is 36.3 Å². The van der Waals surface area contributed by atoms with E-state index in [9.17, 15) is 0 Å². The molecule has 0 saturated carbocycles. The number of rotatable bonds is 9. The molecule has 1 aliphatic heterocycles. The highest BCUT2D eigenvalue weighted by atomic mass is 16.7. The fourth-order valence-corrected chi connectivity index (χ4v) is 4.09. The maximum absolute atomic E-state index is 6.53. The van der Waals surface area contributed by atoms with E-state index in [4.69, 9.17) is 9.47 Å². The van der Waals surface area contributed by atoms with Crippen molar-refractivity contribution in [2.75, 3.05) is 13.2 Å². The van der Waals surface area contributed by atoms with Gasteiger partial charge >= 0.3 is 0 Å². The molecule has 1 aromatic heterocycles. The van der Waals surface area contributed by atoms with E-state index in [1.54, 1.807) is 0 Å². The van der Waals surface area contributed by atoms with Crippen LogP contribution < -0.4 is 0 Å². The summed E-state index contributed by atoms with van der Waals surface area (Å²) in [5.74, 6) is -0.545. The molecule has 2 aromatic rings. The van der Waals surface area contributed by atoms with Gasteiger partial charge in [-0.05, 0) is 18.4 Å². The fraction of sp³-hybridized carbons (Fsp3) is 0.591. The average Bonchev–Trinajstić information content (AvgIpc) is 3.18. The Morgan fingerprint density at radius 1 is 1.00 bits per heavy atom. The molecule has 142 valence electrons. The van der Waals surface area contributed by atoms with Crippen LogP contribution in [0.25, 0.3) is 0 Å². The molecule has 1 fully saturated rings. The first-order valence-electron chi connectivity index (χ1n) is 9.97. The largest absolute Gasteiger partial charge is 0.349 e. The number of imidazole rings is 1. The van der Waals surface area contributed by atoms with Gasteiger partial charge in [0, 0.05) is 37.2 Å². The Kier molecular flexibility index (Phi) is 6.49. The maximum atomic E-state index is 6.53. The van der Waals surface area contributed by atoms with Crippen LogP contribution in [-0.4, -0.2) is 28.6 Å². The van der Waals surface area contributed by atoms with E-state index < -0.39 is 5.79 Å². The molecule has 0 radical (unpaired) electrons. The van der Waals surface area contributed by atoms with Gasteiger partial charge in [-0.1, -0.05) is 57.0 Å². The standard InChI is InChI=1S/C22H32N2O2/c1-3-10-21(11-4-2)17-25-22(26-18-21,12-14-24-15-13-23-19-24)16-20-8-6-5-7-9-20/h5-9,13,15,19H,3-4,10-12,14,16-18H2,1-2H3. The quantitative estimate of drug-likeness (QED) is 0.645. The van der Waals surface area contributed by atoms with E-state index in [0.717, 1.165) is 32.6 Å². The highest BCUT2D eigenvalue weighted by Crippen LogP contribution is 2.40. The minimum absolute atomic E-state index is 0.179. The lowest BCUT2D eigenvalue weighted by Gasteiger charge is -2.47. The van der Waals surface area contributed by atoms with E-state index in [0.29, 0.717) is 0 Å². The van der Waals surface area contributed by atoms with Crippen LogP contribution in [-0.2, 0) is 22.4 Å². The molecule has 1 saturated heterocycles. The van der Waals surface area contributed by atoms with Gasteiger partial charge in [0.15, 0.2) is 5.79 Å². The first-order valence-corrected chi connectivity index (χ1v) is 9.97. The predicted octanol–water partition coefficient (Wildman–Crippen LogP) is 4.85. The van der Waals surface area contributed by atoms with Crippen molar-refractivity contribution in [2.24, 2.45) is 5.41 Å². The zero-order chi connectivity index (χ0) is 18.3. The van der Waals surface area contributed by atoms with E-state index in [-0.39, 0.29) is 5.41 Å². The molecule has 1 aromatic carbocycles.